The zero-order valence-electron chi connectivity index (χ0n) is 10.9. The zero-order chi connectivity index (χ0) is 14.4. The average Bonchev–Trinajstić information content (AvgIpc) is 2.93. The highest BCUT2D eigenvalue weighted by Crippen LogP contribution is 2.16. The molecule has 20 heavy (non-hydrogen) atoms. The summed E-state index contributed by atoms with van der Waals surface area (Å²) in [6, 6.07) is 9.30. The fraction of sp³-hybridized carbons (Fsp3) is 0.214. The van der Waals surface area contributed by atoms with E-state index in [0.717, 1.165) is 11.3 Å². The van der Waals surface area contributed by atoms with E-state index in [1.54, 1.807) is 12.5 Å². The number of benzene rings is 1. The largest absolute Gasteiger partial charge is 0.392 e. The first-order valence-electron chi connectivity index (χ1n) is 6.27. The van der Waals surface area contributed by atoms with E-state index in [0.29, 0.717) is 13.0 Å². The Balaban J connectivity index is 1.96. The van der Waals surface area contributed by atoms with Crippen LogP contribution in [0.1, 0.15) is 17.2 Å². The Morgan fingerprint density at radius 2 is 2.15 bits per heavy atom. The molecule has 1 amide bonds. The van der Waals surface area contributed by atoms with E-state index in [-0.39, 0.29) is 10.9 Å². The van der Waals surface area contributed by atoms with E-state index in [9.17, 15) is 4.79 Å². The molecule has 0 saturated heterocycles. The molecule has 0 radical (unpaired) electrons. The third kappa shape index (κ3) is 3.64. The number of imidazole rings is 1. The lowest BCUT2D eigenvalue weighted by Gasteiger charge is -2.15. The quantitative estimate of drug-likeness (QED) is 0.696. The van der Waals surface area contributed by atoms with Crippen LogP contribution >= 0.6 is 12.2 Å². The maximum absolute atomic E-state index is 12.2. The summed E-state index contributed by atoms with van der Waals surface area (Å²) in [5.41, 5.74) is 7.46. The summed E-state index contributed by atoms with van der Waals surface area (Å²) in [5.74, 6) is -0.767. The lowest BCUT2D eigenvalue weighted by molar-refractivity contribution is -0.121. The molecule has 4 N–H and O–H groups in total. The van der Waals surface area contributed by atoms with E-state index in [2.05, 4.69) is 15.3 Å². The van der Waals surface area contributed by atoms with Crippen LogP contribution in [0.3, 0.4) is 0 Å². The maximum atomic E-state index is 12.2. The number of nitrogens with one attached hydrogen (secondary N) is 2. The van der Waals surface area contributed by atoms with Gasteiger partial charge in [0.1, 0.15) is 5.92 Å². The summed E-state index contributed by atoms with van der Waals surface area (Å²) in [5, 5.41) is 2.85. The van der Waals surface area contributed by atoms with Gasteiger partial charge in [-0.25, -0.2) is 4.98 Å². The molecule has 0 bridgehead atoms. The van der Waals surface area contributed by atoms with Gasteiger partial charge in [0.2, 0.25) is 5.91 Å². The molecule has 5 nitrogen and oxygen atoms in total. The first-order valence-corrected chi connectivity index (χ1v) is 6.68. The fourth-order valence-corrected chi connectivity index (χ4v) is 2.18. The van der Waals surface area contributed by atoms with Crippen molar-refractivity contribution in [1.82, 2.24) is 15.3 Å². The van der Waals surface area contributed by atoms with Crippen molar-refractivity contribution in [2.24, 2.45) is 5.73 Å². The number of carbonyl (C=O) groups excluding carboxylic acids is 1. The zero-order valence-corrected chi connectivity index (χ0v) is 11.7. The number of amides is 1. The van der Waals surface area contributed by atoms with Gasteiger partial charge in [0, 0.05) is 24.9 Å². The molecule has 1 aromatic carbocycles. The van der Waals surface area contributed by atoms with E-state index in [1.165, 1.54) is 0 Å². The number of nitrogens with two attached hydrogens (primary N) is 1. The number of aromatic amines is 1. The lowest BCUT2D eigenvalue weighted by atomic mass is 9.98. The summed E-state index contributed by atoms with van der Waals surface area (Å²) < 4.78 is 0. The maximum Gasteiger partial charge on any atom is 0.234 e. The summed E-state index contributed by atoms with van der Waals surface area (Å²) in [4.78, 5) is 19.3. The van der Waals surface area contributed by atoms with E-state index in [4.69, 9.17) is 18.0 Å². The highest BCUT2D eigenvalue weighted by Gasteiger charge is 2.22. The Bertz CT molecular complexity index is 568. The number of aromatic nitrogens is 2. The van der Waals surface area contributed by atoms with Crippen LogP contribution in [0.15, 0.2) is 42.9 Å². The van der Waals surface area contributed by atoms with Crippen molar-refractivity contribution in [2.45, 2.75) is 12.3 Å². The second-order valence-electron chi connectivity index (χ2n) is 4.36. The van der Waals surface area contributed by atoms with Gasteiger partial charge >= 0.3 is 0 Å². The van der Waals surface area contributed by atoms with Crippen LogP contribution in [0.4, 0.5) is 0 Å². The van der Waals surface area contributed by atoms with Crippen LogP contribution in [0.5, 0.6) is 0 Å². The van der Waals surface area contributed by atoms with Crippen molar-refractivity contribution < 1.29 is 4.79 Å². The minimum absolute atomic E-state index is 0.176. The molecule has 0 spiro atoms. The molecule has 1 heterocycles. The first kappa shape index (κ1) is 14.2. The number of thiocarbonyl (C=S) groups is 1. The van der Waals surface area contributed by atoms with Crippen LogP contribution in [0, 0.1) is 0 Å². The molecule has 0 aliphatic heterocycles. The van der Waals surface area contributed by atoms with E-state index < -0.39 is 5.92 Å². The molecular weight excluding hydrogens is 272 g/mol. The molecule has 0 saturated carbocycles. The first-order chi connectivity index (χ1) is 9.68. The molecule has 0 aliphatic carbocycles. The fourth-order valence-electron chi connectivity index (χ4n) is 1.93. The topological polar surface area (TPSA) is 83.8 Å². The Hall–Kier alpha value is -2.21. The molecule has 0 fully saturated rings. The van der Waals surface area contributed by atoms with Gasteiger partial charge < -0.3 is 16.0 Å². The van der Waals surface area contributed by atoms with Crippen molar-refractivity contribution >= 4 is 23.1 Å². The third-order valence-corrected chi connectivity index (χ3v) is 3.16. The summed E-state index contributed by atoms with van der Waals surface area (Å²) in [6.07, 6.45) is 4.03. The number of hydrogen-bond acceptors (Lipinski definition) is 3. The van der Waals surface area contributed by atoms with Gasteiger partial charge in [-0.05, 0) is 5.56 Å². The van der Waals surface area contributed by atoms with Crippen LogP contribution in [-0.2, 0) is 11.2 Å². The molecule has 1 atom stereocenters. The van der Waals surface area contributed by atoms with Gasteiger partial charge in [0.05, 0.1) is 11.3 Å². The van der Waals surface area contributed by atoms with Gasteiger partial charge in [-0.1, -0.05) is 42.5 Å². The number of nitrogens with zero attached hydrogens (tertiary/aromatic N) is 1. The summed E-state index contributed by atoms with van der Waals surface area (Å²) >= 11 is 5.01. The van der Waals surface area contributed by atoms with Gasteiger partial charge in [-0.15, -0.1) is 0 Å². The van der Waals surface area contributed by atoms with Crippen LogP contribution < -0.4 is 11.1 Å². The van der Waals surface area contributed by atoms with Crippen LogP contribution in [0.25, 0.3) is 0 Å². The SMILES string of the molecule is NC(=S)C(C(=O)NCCc1cnc[nH]1)c1ccccc1. The molecule has 2 rings (SSSR count). The molecule has 0 aliphatic rings. The predicted molar refractivity (Wildman–Crippen MR) is 81.3 cm³/mol. The Morgan fingerprint density at radius 3 is 2.75 bits per heavy atom. The summed E-state index contributed by atoms with van der Waals surface area (Å²) in [6.45, 7) is 0.507. The van der Waals surface area contributed by atoms with Crippen LogP contribution in [0.2, 0.25) is 0 Å². The minimum Gasteiger partial charge on any atom is -0.392 e. The predicted octanol–water partition coefficient (Wildman–Crippen LogP) is 1.14. The highest BCUT2D eigenvalue weighted by atomic mass is 32.1. The van der Waals surface area contributed by atoms with Gasteiger partial charge in [0.15, 0.2) is 0 Å². The Labute approximate surface area is 122 Å². The van der Waals surface area contributed by atoms with E-state index >= 15 is 0 Å². The molecule has 1 aromatic heterocycles. The number of H-pyrrole nitrogens is 1. The molecule has 6 heteroatoms. The highest BCUT2D eigenvalue weighted by molar-refractivity contribution is 7.80. The second kappa shape index (κ2) is 6.81. The molecular formula is C14H16N4OS. The van der Waals surface area contributed by atoms with Gasteiger partial charge in [0.25, 0.3) is 0 Å². The van der Waals surface area contributed by atoms with Crippen molar-refractivity contribution in [3.8, 4) is 0 Å². The van der Waals surface area contributed by atoms with Crippen molar-refractivity contribution in [3.05, 3.63) is 54.1 Å². The van der Waals surface area contributed by atoms with Gasteiger partial charge in [-0.3, -0.25) is 4.79 Å². The number of carbonyl (C=O) groups is 1. The molecule has 104 valence electrons. The number of hydrogen-bond donors (Lipinski definition) is 3. The average molecular weight is 288 g/mol. The van der Waals surface area contributed by atoms with Crippen molar-refractivity contribution in [1.29, 1.82) is 0 Å². The number of rotatable bonds is 6. The van der Waals surface area contributed by atoms with Crippen molar-refractivity contribution in [3.63, 3.8) is 0 Å². The smallest absolute Gasteiger partial charge is 0.234 e. The standard InChI is InChI=1S/C14H16N4OS/c15-13(20)12(10-4-2-1-3-5-10)14(19)17-7-6-11-8-16-9-18-11/h1-5,8-9,12H,6-7H2,(H2,15,20)(H,16,18)(H,17,19). The molecule has 1 unspecified atom stereocenters. The third-order valence-electron chi connectivity index (χ3n) is 2.93. The van der Waals surface area contributed by atoms with Crippen molar-refractivity contribution in [2.75, 3.05) is 6.54 Å². The Kier molecular flexibility index (Phi) is 4.84. The Morgan fingerprint density at radius 1 is 1.40 bits per heavy atom. The minimum atomic E-state index is -0.590. The normalized spacial score (nSPS) is 11.8. The second-order valence-corrected chi connectivity index (χ2v) is 4.84. The summed E-state index contributed by atoms with van der Waals surface area (Å²) in [7, 11) is 0. The molecule has 2 aromatic rings. The lowest BCUT2D eigenvalue weighted by Crippen LogP contribution is -2.37. The van der Waals surface area contributed by atoms with E-state index in [1.807, 2.05) is 30.3 Å². The van der Waals surface area contributed by atoms with Gasteiger partial charge in [-0.2, -0.15) is 0 Å². The van der Waals surface area contributed by atoms with Crippen LogP contribution in [-0.4, -0.2) is 27.4 Å². The monoisotopic (exact) mass is 288 g/mol.